The average molecular weight is 229 g/mol. The number of carbonyl (C=O) groups excluding carboxylic acids is 1. The Bertz CT molecular complexity index is 287. The molecule has 6 heteroatoms. The average Bonchev–Trinajstić information content (AvgIpc) is 2.60. The fraction of sp³-hybridized carbons (Fsp3) is 0.778. The second-order valence-corrected chi connectivity index (χ2v) is 4.86. The third kappa shape index (κ3) is 2.63. The van der Waals surface area contributed by atoms with Crippen LogP contribution in [-0.4, -0.2) is 42.1 Å². The summed E-state index contributed by atoms with van der Waals surface area (Å²) in [6.45, 7) is 1.68. The summed E-state index contributed by atoms with van der Waals surface area (Å²) in [5.74, 6) is 0.617. The van der Waals surface area contributed by atoms with Gasteiger partial charge in [-0.15, -0.1) is 0 Å². The van der Waals surface area contributed by atoms with Crippen LogP contribution in [0.15, 0.2) is 4.99 Å². The number of carbonyl (C=O) groups is 1. The normalized spacial score (nSPS) is 26.8. The van der Waals surface area contributed by atoms with Gasteiger partial charge in [0, 0.05) is 19.0 Å². The number of nitrogens with one attached hydrogen (secondary N) is 1. The van der Waals surface area contributed by atoms with Crippen molar-refractivity contribution in [2.75, 3.05) is 25.5 Å². The highest BCUT2D eigenvalue weighted by Gasteiger charge is 2.38. The molecule has 0 radical (unpaired) electrons. The van der Waals surface area contributed by atoms with Gasteiger partial charge in [0.25, 0.3) is 0 Å². The van der Waals surface area contributed by atoms with Crippen LogP contribution < -0.4 is 11.1 Å². The highest BCUT2D eigenvalue weighted by atomic mass is 32.2. The topological polar surface area (TPSA) is 76.7 Å². The highest BCUT2D eigenvalue weighted by Crippen LogP contribution is 2.31. The molecule has 1 amide bonds. The molecule has 0 aromatic carbocycles. The molecule has 2 aliphatic heterocycles. The lowest BCUT2D eigenvalue weighted by molar-refractivity contribution is -0.116. The molecule has 1 spiro atoms. The van der Waals surface area contributed by atoms with Gasteiger partial charge in [0.1, 0.15) is 6.54 Å². The third-order valence-electron chi connectivity index (χ3n) is 2.69. The number of ether oxygens (including phenoxy) is 1. The molecule has 84 valence electrons. The molecule has 2 saturated heterocycles. The molecule has 0 aromatic heterocycles. The monoisotopic (exact) mass is 229 g/mol. The van der Waals surface area contributed by atoms with Crippen LogP contribution in [-0.2, 0) is 9.53 Å². The lowest BCUT2D eigenvalue weighted by Crippen LogP contribution is -2.48. The quantitative estimate of drug-likeness (QED) is 0.682. The summed E-state index contributed by atoms with van der Waals surface area (Å²) in [5, 5.41) is 4.23. The predicted molar refractivity (Wildman–Crippen MR) is 59.9 cm³/mol. The Balaban J connectivity index is 1.93. The Morgan fingerprint density at radius 3 is 3.00 bits per heavy atom. The zero-order chi connectivity index (χ0) is 10.7. The molecule has 2 fully saturated rings. The summed E-state index contributed by atoms with van der Waals surface area (Å²) in [4.78, 5) is 14.7. The zero-order valence-corrected chi connectivity index (χ0v) is 9.31. The lowest BCUT2D eigenvalue weighted by atomic mass is 9.93. The van der Waals surface area contributed by atoms with E-state index in [-0.39, 0.29) is 12.1 Å². The van der Waals surface area contributed by atoms with E-state index in [4.69, 9.17) is 10.5 Å². The van der Waals surface area contributed by atoms with Crippen molar-refractivity contribution in [2.45, 2.75) is 18.4 Å². The maximum absolute atomic E-state index is 10.6. The van der Waals surface area contributed by atoms with Gasteiger partial charge in [-0.3, -0.25) is 9.79 Å². The van der Waals surface area contributed by atoms with Crippen molar-refractivity contribution in [1.29, 1.82) is 0 Å². The van der Waals surface area contributed by atoms with E-state index in [2.05, 4.69) is 10.3 Å². The Kier molecular flexibility index (Phi) is 3.16. The largest absolute Gasteiger partial charge is 0.381 e. The number of thioether (sulfide) groups is 1. The number of rotatable bonds is 2. The van der Waals surface area contributed by atoms with Crippen molar-refractivity contribution in [3.8, 4) is 0 Å². The van der Waals surface area contributed by atoms with Crippen LogP contribution in [0.5, 0.6) is 0 Å². The number of nitrogens with zero attached hydrogens (tertiary/aromatic N) is 1. The first-order valence-corrected chi connectivity index (χ1v) is 6.00. The molecule has 0 bridgehead atoms. The van der Waals surface area contributed by atoms with Gasteiger partial charge in [-0.2, -0.15) is 0 Å². The third-order valence-corrected chi connectivity index (χ3v) is 3.89. The molecule has 2 heterocycles. The SMILES string of the molecule is NC(=O)CN=C1NC2(CCOCC2)CS1. The van der Waals surface area contributed by atoms with Crippen LogP contribution in [0.25, 0.3) is 0 Å². The number of aliphatic imine (C=N–C) groups is 1. The fourth-order valence-corrected chi connectivity index (χ4v) is 2.99. The van der Waals surface area contributed by atoms with Crippen LogP contribution in [0, 0.1) is 0 Å². The van der Waals surface area contributed by atoms with Crippen molar-refractivity contribution in [2.24, 2.45) is 10.7 Å². The van der Waals surface area contributed by atoms with E-state index in [1.54, 1.807) is 11.8 Å². The molecule has 0 aliphatic carbocycles. The van der Waals surface area contributed by atoms with E-state index < -0.39 is 5.91 Å². The van der Waals surface area contributed by atoms with E-state index in [1.165, 1.54) is 0 Å². The van der Waals surface area contributed by atoms with E-state index in [0.29, 0.717) is 0 Å². The van der Waals surface area contributed by atoms with E-state index in [9.17, 15) is 4.79 Å². The number of amides is 1. The van der Waals surface area contributed by atoms with Crippen LogP contribution in [0.1, 0.15) is 12.8 Å². The van der Waals surface area contributed by atoms with E-state index in [0.717, 1.165) is 37.0 Å². The molecule has 0 unspecified atom stereocenters. The summed E-state index contributed by atoms with van der Waals surface area (Å²) in [6.07, 6.45) is 2.02. The van der Waals surface area contributed by atoms with Gasteiger partial charge >= 0.3 is 0 Å². The Hall–Kier alpha value is -0.750. The summed E-state index contributed by atoms with van der Waals surface area (Å²) < 4.78 is 5.33. The minimum Gasteiger partial charge on any atom is -0.381 e. The molecule has 0 saturated carbocycles. The Morgan fingerprint density at radius 1 is 1.60 bits per heavy atom. The summed E-state index contributed by atoms with van der Waals surface area (Å²) in [7, 11) is 0. The first kappa shape index (κ1) is 10.8. The van der Waals surface area contributed by atoms with Crippen molar-refractivity contribution in [3.05, 3.63) is 0 Å². The first-order chi connectivity index (χ1) is 7.20. The van der Waals surface area contributed by atoms with Gasteiger partial charge < -0.3 is 15.8 Å². The number of hydrogen-bond donors (Lipinski definition) is 2. The van der Waals surface area contributed by atoms with Gasteiger partial charge in [-0.25, -0.2) is 0 Å². The van der Waals surface area contributed by atoms with Crippen LogP contribution >= 0.6 is 11.8 Å². The molecule has 15 heavy (non-hydrogen) atoms. The Labute approximate surface area is 92.8 Å². The molecule has 0 aromatic rings. The predicted octanol–water partition coefficient (Wildman–Crippen LogP) is -0.287. The Morgan fingerprint density at radius 2 is 2.33 bits per heavy atom. The summed E-state index contributed by atoms with van der Waals surface area (Å²) >= 11 is 1.67. The van der Waals surface area contributed by atoms with Gasteiger partial charge in [0.15, 0.2) is 5.17 Å². The summed E-state index contributed by atoms with van der Waals surface area (Å²) in [5.41, 5.74) is 5.18. The second-order valence-electron chi connectivity index (χ2n) is 3.89. The maximum atomic E-state index is 10.6. The van der Waals surface area contributed by atoms with E-state index in [1.807, 2.05) is 0 Å². The summed E-state index contributed by atoms with van der Waals surface area (Å²) in [6, 6.07) is 0. The van der Waals surface area contributed by atoms with Crippen LogP contribution in [0.2, 0.25) is 0 Å². The van der Waals surface area contributed by atoms with Gasteiger partial charge in [0.2, 0.25) is 5.91 Å². The molecule has 5 nitrogen and oxygen atoms in total. The minimum atomic E-state index is -0.391. The van der Waals surface area contributed by atoms with Crippen LogP contribution in [0.3, 0.4) is 0 Å². The molecular weight excluding hydrogens is 214 g/mol. The number of amidine groups is 1. The molecule has 0 atom stereocenters. The zero-order valence-electron chi connectivity index (χ0n) is 8.49. The molecular formula is C9H15N3O2S. The number of hydrogen-bond acceptors (Lipinski definition) is 4. The second kappa shape index (κ2) is 4.40. The van der Waals surface area contributed by atoms with Gasteiger partial charge in [-0.1, -0.05) is 11.8 Å². The van der Waals surface area contributed by atoms with Gasteiger partial charge in [-0.05, 0) is 12.8 Å². The minimum absolute atomic E-state index is 0.0713. The molecule has 2 rings (SSSR count). The first-order valence-electron chi connectivity index (χ1n) is 5.02. The lowest BCUT2D eigenvalue weighted by Gasteiger charge is -2.32. The maximum Gasteiger partial charge on any atom is 0.239 e. The standard InChI is InChI=1S/C9H15N3O2S/c10-7(13)5-11-8-12-9(6-15-8)1-3-14-4-2-9/h1-6H2,(H2,10,13)(H,11,12). The number of nitrogens with two attached hydrogens (primary N) is 1. The smallest absolute Gasteiger partial charge is 0.239 e. The van der Waals surface area contributed by atoms with Crippen LogP contribution in [0.4, 0.5) is 0 Å². The van der Waals surface area contributed by atoms with E-state index >= 15 is 0 Å². The van der Waals surface area contributed by atoms with Crippen molar-refractivity contribution in [3.63, 3.8) is 0 Å². The molecule has 2 aliphatic rings. The van der Waals surface area contributed by atoms with Gasteiger partial charge in [0.05, 0.1) is 5.54 Å². The highest BCUT2D eigenvalue weighted by molar-refractivity contribution is 8.14. The fourth-order valence-electron chi connectivity index (χ4n) is 1.77. The van der Waals surface area contributed by atoms with Crippen molar-refractivity contribution in [1.82, 2.24) is 5.32 Å². The molecule has 3 N–H and O–H groups in total. The number of primary amides is 1. The van der Waals surface area contributed by atoms with Crippen molar-refractivity contribution >= 4 is 22.8 Å². The van der Waals surface area contributed by atoms with Crippen molar-refractivity contribution < 1.29 is 9.53 Å².